The molecule has 1 unspecified atom stereocenters. The van der Waals surface area contributed by atoms with Gasteiger partial charge in [0.15, 0.2) is 5.78 Å². The van der Waals surface area contributed by atoms with Crippen molar-refractivity contribution in [2.75, 3.05) is 20.1 Å². The number of unbranched alkanes of at least 4 members (excludes halogenated alkanes) is 1. The number of nitrogens with zero attached hydrogens (tertiary/aromatic N) is 3. The number of alkyl halides is 3. The van der Waals surface area contributed by atoms with E-state index in [4.69, 9.17) is 23.2 Å². The largest absolute Gasteiger partial charge is 0.419 e. The van der Waals surface area contributed by atoms with Gasteiger partial charge in [-0.1, -0.05) is 41.4 Å². The molecule has 1 fully saturated rings. The highest BCUT2D eigenvalue weighted by Gasteiger charge is 2.39. The van der Waals surface area contributed by atoms with Crippen LogP contribution in [0.3, 0.4) is 0 Å². The van der Waals surface area contributed by atoms with Crippen molar-refractivity contribution < 1.29 is 27.2 Å². The van der Waals surface area contributed by atoms with Gasteiger partial charge in [-0.2, -0.15) is 13.2 Å². The molecule has 1 aromatic heterocycles. The number of carbonyl (C=O) groups is 2. The average molecular weight is 610 g/mol. The zero-order chi connectivity index (χ0) is 29.7. The standard InChI is InChI=1S/C30H29Cl2F4N3O2/c1-38(16-19-9-11-22(25(33)14-19)30(34,35)36)27-18-39(17-21(27)20-10-12-23(31)24(32)15-20)29(41)8-3-2-7-28(40)26-6-4-5-13-37-26/h4-6,9-15,21,27H,2-3,7-8,16-18H2,1H3/t21-,27?/m1/s1. The Balaban J connectivity index is 1.43. The van der Waals surface area contributed by atoms with Crippen LogP contribution >= 0.6 is 23.2 Å². The van der Waals surface area contributed by atoms with E-state index in [-0.39, 0.29) is 36.6 Å². The maximum Gasteiger partial charge on any atom is 0.419 e. The summed E-state index contributed by atoms with van der Waals surface area (Å²) in [7, 11) is 1.79. The van der Waals surface area contributed by atoms with Gasteiger partial charge in [0.1, 0.15) is 11.5 Å². The van der Waals surface area contributed by atoms with Crippen molar-refractivity contribution in [1.29, 1.82) is 0 Å². The summed E-state index contributed by atoms with van der Waals surface area (Å²) in [5.74, 6) is -1.62. The normalized spacial score (nSPS) is 17.3. The van der Waals surface area contributed by atoms with E-state index < -0.39 is 17.6 Å². The molecule has 1 aliphatic heterocycles. The van der Waals surface area contributed by atoms with Gasteiger partial charge in [-0.25, -0.2) is 4.39 Å². The molecule has 2 aromatic carbocycles. The third-order valence-electron chi connectivity index (χ3n) is 7.35. The molecule has 0 bridgehead atoms. The number of amides is 1. The van der Waals surface area contributed by atoms with Gasteiger partial charge >= 0.3 is 6.18 Å². The molecule has 2 atom stereocenters. The molecule has 5 nitrogen and oxygen atoms in total. The van der Waals surface area contributed by atoms with Crippen molar-refractivity contribution in [2.24, 2.45) is 0 Å². The Morgan fingerprint density at radius 1 is 1.00 bits per heavy atom. The number of hydrogen-bond donors (Lipinski definition) is 0. The fraction of sp³-hybridized carbons (Fsp3) is 0.367. The van der Waals surface area contributed by atoms with Crippen LogP contribution in [0.15, 0.2) is 60.8 Å². The van der Waals surface area contributed by atoms with Crippen molar-refractivity contribution in [3.63, 3.8) is 0 Å². The van der Waals surface area contributed by atoms with E-state index in [1.807, 2.05) is 11.0 Å². The Bertz CT molecular complexity index is 1390. The monoisotopic (exact) mass is 609 g/mol. The van der Waals surface area contributed by atoms with Gasteiger partial charge in [-0.3, -0.25) is 19.5 Å². The molecule has 218 valence electrons. The SMILES string of the molecule is CN(Cc1ccc(C(F)(F)F)c(F)c1)C1CN(C(=O)CCCCC(=O)c2ccccn2)C[C@@H]1c1ccc(Cl)c(Cl)c1. The first-order chi connectivity index (χ1) is 19.4. The quantitative estimate of drug-likeness (QED) is 0.136. The molecule has 1 amide bonds. The Labute approximate surface area is 246 Å². The lowest BCUT2D eigenvalue weighted by Gasteiger charge is -2.29. The Morgan fingerprint density at radius 3 is 2.41 bits per heavy atom. The summed E-state index contributed by atoms with van der Waals surface area (Å²) in [5.41, 5.74) is 0.345. The fourth-order valence-electron chi connectivity index (χ4n) is 5.18. The lowest BCUT2D eigenvalue weighted by Crippen LogP contribution is -2.38. The van der Waals surface area contributed by atoms with Crippen LogP contribution < -0.4 is 0 Å². The number of ketones is 1. The highest BCUT2D eigenvalue weighted by atomic mass is 35.5. The van der Waals surface area contributed by atoms with Crippen LogP contribution in [0.5, 0.6) is 0 Å². The lowest BCUT2D eigenvalue weighted by molar-refractivity contribution is -0.140. The average Bonchev–Trinajstić information content (AvgIpc) is 3.38. The molecule has 3 aromatic rings. The van der Waals surface area contributed by atoms with Gasteiger partial charge < -0.3 is 4.90 Å². The second-order valence-corrected chi connectivity index (χ2v) is 11.0. The molecule has 11 heteroatoms. The second kappa shape index (κ2) is 13.3. The first kappa shape index (κ1) is 30.9. The molecule has 1 aliphatic rings. The van der Waals surface area contributed by atoms with E-state index in [0.29, 0.717) is 53.7 Å². The van der Waals surface area contributed by atoms with E-state index in [2.05, 4.69) is 4.98 Å². The van der Waals surface area contributed by atoms with Crippen molar-refractivity contribution in [1.82, 2.24) is 14.8 Å². The van der Waals surface area contributed by atoms with Crippen molar-refractivity contribution >= 4 is 34.9 Å². The number of aromatic nitrogens is 1. The molecule has 2 heterocycles. The summed E-state index contributed by atoms with van der Waals surface area (Å²) < 4.78 is 53.2. The van der Waals surface area contributed by atoms with Gasteiger partial charge in [0.25, 0.3) is 0 Å². The van der Waals surface area contributed by atoms with Gasteiger partial charge in [-0.05, 0) is 67.4 Å². The van der Waals surface area contributed by atoms with Crippen LogP contribution in [0.25, 0.3) is 0 Å². The predicted molar refractivity (Wildman–Crippen MR) is 149 cm³/mol. The number of Topliss-reactive ketones (excluding diaryl/α,β-unsaturated/α-hetero) is 1. The zero-order valence-electron chi connectivity index (χ0n) is 22.3. The van der Waals surface area contributed by atoms with E-state index >= 15 is 0 Å². The van der Waals surface area contributed by atoms with E-state index in [1.165, 1.54) is 6.07 Å². The first-order valence-electron chi connectivity index (χ1n) is 13.2. The van der Waals surface area contributed by atoms with Crippen LogP contribution in [-0.2, 0) is 17.5 Å². The third-order valence-corrected chi connectivity index (χ3v) is 8.08. The molecule has 41 heavy (non-hydrogen) atoms. The Hall–Kier alpha value is -3.01. The first-order valence-corrected chi connectivity index (χ1v) is 13.9. The number of rotatable bonds is 10. The van der Waals surface area contributed by atoms with Gasteiger partial charge in [0.2, 0.25) is 5.91 Å². The molecular weight excluding hydrogens is 581 g/mol. The molecule has 0 spiro atoms. The van der Waals surface area contributed by atoms with Gasteiger partial charge in [0, 0.05) is 50.6 Å². The van der Waals surface area contributed by atoms with E-state index in [1.54, 1.807) is 48.5 Å². The second-order valence-electron chi connectivity index (χ2n) is 10.2. The minimum Gasteiger partial charge on any atom is -0.340 e. The number of hydrogen-bond acceptors (Lipinski definition) is 4. The van der Waals surface area contributed by atoms with Crippen LogP contribution in [0.4, 0.5) is 17.6 Å². The van der Waals surface area contributed by atoms with Crippen LogP contribution in [0.2, 0.25) is 10.0 Å². The lowest BCUT2D eigenvalue weighted by atomic mass is 9.93. The summed E-state index contributed by atoms with van der Waals surface area (Å²) >= 11 is 12.4. The third kappa shape index (κ3) is 7.84. The predicted octanol–water partition coefficient (Wildman–Crippen LogP) is 7.42. The Morgan fingerprint density at radius 2 is 1.76 bits per heavy atom. The summed E-state index contributed by atoms with van der Waals surface area (Å²) in [6.45, 7) is 0.950. The zero-order valence-corrected chi connectivity index (χ0v) is 23.8. The maximum atomic E-state index is 14.2. The molecule has 1 saturated heterocycles. The number of carbonyl (C=O) groups excluding carboxylic acids is 2. The summed E-state index contributed by atoms with van der Waals surface area (Å²) in [6.07, 6.45) is -1.55. The molecular formula is C30H29Cl2F4N3O2. The van der Waals surface area contributed by atoms with E-state index in [0.717, 1.165) is 17.7 Å². The topological polar surface area (TPSA) is 53.5 Å². The van der Waals surface area contributed by atoms with Crippen molar-refractivity contribution in [2.45, 2.75) is 50.4 Å². The minimum absolute atomic E-state index is 0.0585. The smallest absolute Gasteiger partial charge is 0.340 e. The fourth-order valence-corrected chi connectivity index (χ4v) is 5.48. The van der Waals surface area contributed by atoms with Crippen molar-refractivity contribution in [3.05, 3.63) is 99.0 Å². The van der Waals surface area contributed by atoms with Crippen LogP contribution in [-0.4, -0.2) is 52.7 Å². The summed E-state index contributed by atoms with van der Waals surface area (Å²) in [6, 6.07) is 13.1. The van der Waals surface area contributed by atoms with Gasteiger partial charge in [0.05, 0.1) is 15.6 Å². The number of halogens is 6. The van der Waals surface area contributed by atoms with Gasteiger partial charge in [-0.15, -0.1) is 0 Å². The van der Waals surface area contributed by atoms with Crippen molar-refractivity contribution in [3.8, 4) is 0 Å². The highest BCUT2D eigenvalue weighted by Crippen LogP contribution is 2.36. The summed E-state index contributed by atoms with van der Waals surface area (Å²) in [4.78, 5) is 33.2. The van der Waals surface area contributed by atoms with Crippen LogP contribution in [0, 0.1) is 5.82 Å². The molecule has 0 saturated carbocycles. The molecule has 0 N–H and O–H groups in total. The summed E-state index contributed by atoms with van der Waals surface area (Å²) in [5, 5.41) is 0.768. The van der Waals surface area contributed by atoms with E-state index in [9.17, 15) is 27.2 Å². The maximum absolute atomic E-state index is 14.2. The molecule has 0 radical (unpaired) electrons. The van der Waals surface area contributed by atoms with Crippen LogP contribution in [0.1, 0.15) is 58.8 Å². The minimum atomic E-state index is -4.77. The highest BCUT2D eigenvalue weighted by molar-refractivity contribution is 6.42. The molecule has 4 rings (SSSR count). The molecule has 0 aliphatic carbocycles. The Kier molecular flexibility index (Phi) is 10.0. The number of benzene rings is 2. The number of pyridine rings is 1. The number of likely N-dealkylation sites (tertiary alicyclic amines) is 1. The number of likely N-dealkylation sites (N-methyl/N-ethyl adjacent to an activating group) is 1.